The number of aromatic nitrogens is 1. The third-order valence-corrected chi connectivity index (χ3v) is 8.65. The highest BCUT2D eigenvalue weighted by Crippen LogP contribution is 2.22. The zero-order chi connectivity index (χ0) is 39.9. The first kappa shape index (κ1) is 39.8. The van der Waals surface area contributed by atoms with E-state index < -0.39 is 78.1 Å². The predicted molar refractivity (Wildman–Crippen MR) is 202 cm³/mol. The van der Waals surface area contributed by atoms with Crippen molar-refractivity contribution < 1.29 is 43.0 Å². The van der Waals surface area contributed by atoms with E-state index in [2.05, 4.69) is 15.6 Å². The first-order valence-electron chi connectivity index (χ1n) is 17.5. The van der Waals surface area contributed by atoms with E-state index in [1.54, 1.807) is 57.3 Å². The first-order valence-corrected chi connectivity index (χ1v) is 17.5. The maximum absolute atomic E-state index is 14.6. The molecule has 0 fully saturated rings. The molecular weight excluding hydrogens is 709 g/mol. The van der Waals surface area contributed by atoms with Gasteiger partial charge in [0.15, 0.2) is 0 Å². The lowest BCUT2D eigenvalue weighted by molar-refractivity contribution is -0.158. The van der Waals surface area contributed by atoms with E-state index in [-0.39, 0.29) is 23.3 Å². The average Bonchev–Trinajstić information content (AvgIpc) is 3.53. The predicted octanol–water partition coefficient (Wildman–Crippen LogP) is 4.55. The SMILES string of the molecule is CC(C)(C)OC(=O)N[C@@H](Cc1c[nH]c2ccccc12)C(=O)N(C(=O)Cc1ccc(F)cc1)C(=O)[C@H](CC(=O)O)NC(=O)[C@@H](N)Cc1ccc2ccccc2c1. The van der Waals surface area contributed by atoms with Crippen molar-refractivity contribution in [2.24, 2.45) is 5.73 Å². The van der Waals surface area contributed by atoms with E-state index in [4.69, 9.17) is 10.5 Å². The maximum Gasteiger partial charge on any atom is 0.408 e. The Bertz CT molecular complexity index is 2230. The molecule has 0 bridgehead atoms. The highest BCUT2D eigenvalue weighted by Gasteiger charge is 2.40. The minimum atomic E-state index is -1.94. The maximum atomic E-state index is 14.6. The summed E-state index contributed by atoms with van der Waals surface area (Å²) in [5, 5.41) is 17.2. The molecule has 5 amide bonds. The molecule has 0 spiro atoms. The number of benzene rings is 4. The van der Waals surface area contributed by atoms with E-state index in [0.29, 0.717) is 22.0 Å². The molecule has 14 heteroatoms. The molecule has 3 atom stereocenters. The number of fused-ring (bicyclic) bond motifs is 2. The molecule has 13 nitrogen and oxygen atoms in total. The zero-order valence-electron chi connectivity index (χ0n) is 30.5. The molecule has 0 aliphatic rings. The number of carbonyl (C=O) groups is 6. The minimum Gasteiger partial charge on any atom is -0.481 e. The Balaban J connectivity index is 1.48. The number of hydrogen-bond donors (Lipinski definition) is 5. The molecule has 286 valence electrons. The van der Waals surface area contributed by atoms with E-state index in [9.17, 15) is 38.3 Å². The van der Waals surface area contributed by atoms with Gasteiger partial charge in [0.25, 0.3) is 11.8 Å². The van der Waals surface area contributed by atoms with E-state index in [1.165, 1.54) is 12.1 Å². The Morgan fingerprint density at radius 1 is 0.818 bits per heavy atom. The van der Waals surface area contributed by atoms with Crippen molar-refractivity contribution in [3.63, 3.8) is 0 Å². The van der Waals surface area contributed by atoms with Gasteiger partial charge in [0.1, 0.15) is 23.5 Å². The molecule has 6 N–H and O–H groups in total. The number of amides is 5. The van der Waals surface area contributed by atoms with Crippen molar-refractivity contribution in [2.45, 2.75) is 70.2 Å². The number of imide groups is 3. The van der Waals surface area contributed by atoms with Gasteiger partial charge in [-0.15, -0.1) is 0 Å². The fraction of sp³-hybridized carbons (Fsp3) is 0.268. The van der Waals surface area contributed by atoms with Crippen LogP contribution < -0.4 is 16.4 Å². The summed E-state index contributed by atoms with van der Waals surface area (Å²) in [6.07, 6.45) is -1.25. The van der Waals surface area contributed by atoms with Gasteiger partial charge in [0, 0.05) is 23.5 Å². The van der Waals surface area contributed by atoms with Gasteiger partial charge in [-0.05, 0) is 72.9 Å². The van der Waals surface area contributed by atoms with Crippen molar-refractivity contribution in [1.82, 2.24) is 20.5 Å². The molecular formula is C41H42FN5O8. The number of H-pyrrole nitrogens is 1. The Labute approximate surface area is 316 Å². The Hall–Kier alpha value is -6.41. The number of aliphatic carboxylic acids is 1. The molecule has 0 unspecified atom stereocenters. The van der Waals surface area contributed by atoms with Crippen LogP contribution in [0.3, 0.4) is 0 Å². The Morgan fingerprint density at radius 2 is 1.45 bits per heavy atom. The van der Waals surface area contributed by atoms with Gasteiger partial charge >= 0.3 is 12.1 Å². The van der Waals surface area contributed by atoms with Crippen molar-refractivity contribution in [1.29, 1.82) is 0 Å². The molecule has 1 aromatic heterocycles. The number of carboxylic acid groups (broad SMARTS) is 1. The summed E-state index contributed by atoms with van der Waals surface area (Å²) in [4.78, 5) is 84.9. The van der Waals surface area contributed by atoms with Crippen LogP contribution in [0.25, 0.3) is 21.7 Å². The van der Waals surface area contributed by atoms with Crippen LogP contribution in [0.2, 0.25) is 0 Å². The van der Waals surface area contributed by atoms with Crippen molar-refractivity contribution >= 4 is 57.4 Å². The van der Waals surface area contributed by atoms with Gasteiger partial charge in [-0.25, -0.2) is 14.1 Å². The number of aromatic amines is 1. The first-order chi connectivity index (χ1) is 26.1. The number of halogens is 1. The summed E-state index contributed by atoms with van der Waals surface area (Å²) in [6, 6.07) is 20.1. The number of ether oxygens (including phenoxy) is 1. The lowest BCUT2D eigenvalue weighted by Crippen LogP contribution is -2.60. The fourth-order valence-electron chi connectivity index (χ4n) is 6.06. The van der Waals surface area contributed by atoms with Gasteiger partial charge in [0.05, 0.1) is 18.9 Å². The summed E-state index contributed by atoms with van der Waals surface area (Å²) in [5.74, 6) is -6.75. The summed E-state index contributed by atoms with van der Waals surface area (Å²) in [7, 11) is 0. The molecule has 4 aromatic carbocycles. The van der Waals surface area contributed by atoms with Crippen LogP contribution in [0.15, 0.2) is 97.2 Å². The largest absolute Gasteiger partial charge is 0.481 e. The number of nitrogens with zero attached hydrogens (tertiary/aromatic N) is 1. The third kappa shape index (κ3) is 10.6. The van der Waals surface area contributed by atoms with Crippen molar-refractivity contribution in [2.75, 3.05) is 0 Å². The van der Waals surface area contributed by atoms with Gasteiger partial charge in [-0.2, -0.15) is 0 Å². The summed E-state index contributed by atoms with van der Waals surface area (Å²) >= 11 is 0. The number of carboxylic acids is 1. The van der Waals surface area contributed by atoms with Crippen molar-refractivity contribution in [3.05, 3.63) is 120 Å². The second-order valence-electron chi connectivity index (χ2n) is 14.1. The summed E-state index contributed by atoms with van der Waals surface area (Å²) in [6.45, 7) is 4.82. The van der Waals surface area contributed by atoms with E-state index >= 15 is 0 Å². The molecule has 0 aliphatic heterocycles. The number of para-hydroxylation sites is 1. The van der Waals surface area contributed by atoms with Crippen LogP contribution in [-0.2, 0) is 48.0 Å². The smallest absolute Gasteiger partial charge is 0.408 e. The Morgan fingerprint density at radius 3 is 2.15 bits per heavy atom. The number of alkyl carbamates (subject to hydrolysis) is 1. The zero-order valence-corrected chi connectivity index (χ0v) is 30.5. The standard InChI is InChI=1S/C41H42FN5O8/c1-41(2,3)55-40(54)46-33(21-28-23-44-32-11-7-6-10-30(28)32)38(52)47(35(48)20-24-13-16-29(42)17-14-24)39(53)34(22-36(49)50)45-37(51)31(43)19-25-12-15-26-8-4-5-9-27(26)18-25/h4-18,23,31,33-34,44H,19-22,43H2,1-3H3,(H,45,51)(H,46,54)(H,49,50)/t31-,33-,34-/m0/s1. The van der Waals surface area contributed by atoms with Crippen LogP contribution in [0.1, 0.15) is 43.9 Å². The molecule has 0 saturated carbocycles. The number of rotatable bonds is 13. The molecule has 0 radical (unpaired) electrons. The van der Waals surface area contributed by atoms with Gasteiger partial charge in [-0.3, -0.25) is 24.0 Å². The molecule has 1 heterocycles. The van der Waals surface area contributed by atoms with E-state index in [0.717, 1.165) is 22.9 Å². The van der Waals surface area contributed by atoms with Gasteiger partial charge in [0.2, 0.25) is 11.8 Å². The molecule has 55 heavy (non-hydrogen) atoms. The second-order valence-corrected chi connectivity index (χ2v) is 14.1. The lowest BCUT2D eigenvalue weighted by atomic mass is 10.0. The molecule has 0 saturated heterocycles. The van der Waals surface area contributed by atoms with Crippen molar-refractivity contribution in [3.8, 4) is 0 Å². The summed E-state index contributed by atoms with van der Waals surface area (Å²) < 4.78 is 19.1. The number of nitrogens with one attached hydrogen (secondary N) is 3. The highest BCUT2D eigenvalue weighted by molar-refractivity contribution is 6.15. The van der Waals surface area contributed by atoms with Crippen LogP contribution in [0.4, 0.5) is 9.18 Å². The van der Waals surface area contributed by atoms with Crippen LogP contribution in [-0.4, -0.2) is 74.4 Å². The summed E-state index contributed by atoms with van der Waals surface area (Å²) in [5.41, 5.74) is 7.43. The normalized spacial score (nSPS) is 13.0. The average molecular weight is 752 g/mol. The molecule has 5 aromatic rings. The fourth-order valence-corrected chi connectivity index (χ4v) is 6.06. The van der Waals surface area contributed by atoms with Crippen LogP contribution in [0.5, 0.6) is 0 Å². The minimum absolute atomic E-state index is 0.0172. The van der Waals surface area contributed by atoms with Gasteiger partial charge < -0.3 is 31.2 Å². The Kier molecular flexibility index (Phi) is 12.4. The second kappa shape index (κ2) is 17.2. The molecule has 5 rings (SSSR count). The highest BCUT2D eigenvalue weighted by atomic mass is 19.1. The topological polar surface area (TPSA) is 201 Å². The monoisotopic (exact) mass is 751 g/mol. The van der Waals surface area contributed by atoms with Gasteiger partial charge in [-0.1, -0.05) is 72.8 Å². The van der Waals surface area contributed by atoms with Crippen LogP contribution >= 0.6 is 0 Å². The third-order valence-electron chi connectivity index (χ3n) is 8.65. The number of hydrogen-bond acceptors (Lipinski definition) is 8. The quantitative estimate of drug-likeness (QED) is 0.114. The lowest BCUT2D eigenvalue weighted by Gasteiger charge is -2.29. The van der Waals surface area contributed by atoms with Crippen LogP contribution in [0, 0.1) is 5.82 Å². The molecule has 0 aliphatic carbocycles. The van der Waals surface area contributed by atoms with E-state index in [1.807, 2.05) is 36.4 Å². The number of nitrogens with two attached hydrogens (primary N) is 1. The number of carbonyl (C=O) groups excluding carboxylic acids is 5.